The number of carboxylic acids is 1. The first-order valence-corrected chi connectivity index (χ1v) is 6.70. The van der Waals surface area contributed by atoms with E-state index in [0.29, 0.717) is 12.5 Å². The van der Waals surface area contributed by atoms with Gasteiger partial charge in [-0.25, -0.2) is 0 Å². The van der Waals surface area contributed by atoms with Crippen molar-refractivity contribution in [3.8, 4) is 0 Å². The summed E-state index contributed by atoms with van der Waals surface area (Å²) in [6.45, 7) is 3.49. The highest BCUT2D eigenvalue weighted by atomic mass is 16.4. The summed E-state index contributed by atoms with van der Waals surface area (Å²) in [6, 6.07) is 0.688. The quantitative estimate of drug-likeness (QED) is 0.690. The van der Waals surface area contributed by atoms with Crippen LogP contribution in [0.15, 0.2) is 0 Å². The summed E-state index contributed by atoms with van der Waals surface area (Å²) in [5, 5.41) is 8.54. The van der Waals surface area contributed by atoms with Gasteiger partial charge in [-0.05, 0) is 52.9 Å². The molecule has 1 aliphatic rings. The van der Waals surface area contributed by atoms with E-state index < -0.39 is 5.97 Å². The van der Waals surface area contributed by atoms with Crippen LogP contribution in [0.3, 0.4) is 0 Å². The molecule has 1 aliphatic heterocycles. The molecule has 4 nitrogen and oxygen atoms in total. The van der Waals surface area contributed by atoms with E-state index in [2.05, 4.69) is 23.9 Å². The van der Waals surface area contributed by atoms with Crippen LogP contribution in [0.4, 0.5) is 0 Å². The van der Waals surface area contributed by atoms with Crippen LogP contribution in [0.5, 0.6) is 0 Å². The zero-order valence-electron chi connectivity index (χ0n) is 11.2. The number of nitrogens with zero attached hydrogens (tertiary/aromatic N) is 2. The standard InChI is InChI=1S/C13H26N2O2/c1-14-9-6-7-12(11-14)15(2)10-5-3-4-8-13(16)17/h12H,3-11H2,1-2H3,(H,16,17). The SMILES string of the molecule is CN1CCCC(N(C)CCCCCC(=O)O)C1. The predicted molar refractivity (Wildman–Crippen MR) is 69.3 cm³/mol. The third-order valence-corrected chi connectivity index (χ3v) is 3.62. The average molecular weight is 242 g/mol. The van der Waals surface area contributed by atoms with Gasteiger partial charge in [-0.1, -0.05) is 6.42 Å². The van der Waals surface area contributed by atoms with Crippen LogP contribution in [-0.2, 0) is 4.79 Å². The molecule has 0 aromatic carbocycles. The highest BCUT2D eigenvalue weighted by molar-refractivity contribution is 5.66. The van der Waals surface area contributed by atoms with Crippen molar-refractivity contribution >= 4 is 5.97 Å². The maximum Gasteiger partial charge on any atom is 0.303 e. The number of carbonyl (C=O) groups is 1. The van der Waals surface area contributed by atoms with Gasteiger partial charge < -0.3 is 14.9 Å². The second-order valence-corrected chi connectivity index (χ2v) is 5.24. The Morgan fingerprint density at radius 1 is 1.41 bits per heavy atom. The minimum absolute atomic E-state index is 0.315. The number of unbranched alkanes of at least 4 members (excludes halogenated alkanes) is 2. The van der Waals surface area contributed by atoms with Crippen LogP contribution in [0, 0.1) is 0 Å². The van der Waals surface area contributed by atoms with E-state index in [1.165, 1.54) is 25.9 Å². The molecule has 1 saturated heterocycles. The lowest BCUT2D eigenvalue weighted by molar-refractivity contribution is -0.137. The van der Waals surface area contributed by atoms with E-state index in [1.54, 1.807) is 0 Å². The summed E-state index contributed by atoms with van der Waals surface area (Å²) in [5.41, 5.74) is 0. The monoisotopic (exact) mass is 242 g/mol. The van der Waals surface area contributed by atoms with E-state index in [1.807, 2.05) is 0 Å². The van der Waals surface area contributed by atoms with Gasteiger partial charge in [-0.15, -0.1) is 0 Å². The van der Waals surface area contributed by atoms with E-state index >= 15 is 0 Å². The van der Waals surface area contributed by atoms with Crippen molar-refractivity contribution in [3.63, 3.8) is 0 Å². The molecule has 0 aliphatic carbocycles. The normalized spacial score (nSPS) is 21.9. The van der Waals surface area contributed by atoms with E-state index in [9.17, 15) is 4.79 Å². The molecule has 0 aromatic heterocycles. The number of likely N-dealkylation sites (N-methyl/N-ethyl adjacent to an activating group) is 2. The molecule has 0 spiro atoms. The van der Waals surface area contributed by atoms with Crippen molar-refractivity contribution in [2.45, 2.75) is 44.6 Å². The van der Waals surface area contributed by atoms with Gasteiger partial charge in [0, 0.05) is 19.0 Å². The number of aliphatic carboxylic acids is 1. The molecule has 0 bridgehead atoms. The first kappa shape index (κ1) is 14.5. The van der Waals surface area contributed by atoms with Crippen molar-refractivity contribution in [2.75, 3.05) is 33.7 Å². The second kappa shape index (κ2) is 7.67. The Bertz CT molecular complexity index is 233. The Morgan fingerprint density at radius 3 is 2.82 bits per heavy atom. The average Bonchev–Trinajstić information content (AvgIpc) is 2.28. The molecule has 4 heteroatoms. The summed E-state index contributed by atoms with van der Waals surface area (Å²) in [5.74, 6) is -0.674. The number of hydrogen-bond acceptors (Lipinski definition) is 3. The van der Waals surface area contributed by atoms with Crippen LogP contribution in [0.2, 0.25) is 0 Å². The number of hydrogen-bond donors (Lipinski definition) is 1. The Hall–Kier alpha value is -0.610. The largest absolute Gasteiger partial charge is 0.481 e. The van der Waals surface area contributed by atoms with Gasteiger partial charge in [0.15, 0.2) is 0 Å². The number of piperidine rings is 1. The second-order valence-electron chi connectivity index (χ2n) is 5.24. The topological polar surface area (TPSA) is 43.8 Å². The summed E-state index contributed by atoms with van der Waals surface area (Å²) in [6.07, 6.45) is 5.87. The van der Waals surface area contributed by atoms with E-state index in [0.717, 1.165) is 25.8 Å². The van der Waals surface area contributed by atoms with Crippen molar-refractivity contribution in [1.29, 1.82) is 0 Å². The van der Waals surface area contributed by atoms with Crippen molar-refractivity contribution in [2.24, 2.45) is 0 Å². The fourth-order valence-corrected chi connectivity index (χ4v) is 2.50. The van der Waals surface area contributed by atoms with Crippen LogP contribution in [-0.4, -0.2) is 60.6 Å². The molecule has 1 unspecified atom stereocenters. The number of rotatable bonds is 7. The molecular weight excluding hydrogens is 216 g/mol. The van der Waals surface area contributed by atoms with Crippen molar-refractivity contribution in [3.05, 3.63) is 0 Å². The molecule has 1 fully saturated rings. The Kier molecular flexibility index (Phi) is 6.52. The van der Waals surface area contributed by atoms with Crippen LogP contribution < -0.4 is 0 Å². The Balaban J connectivity index is 2.07. The minimum Gasteiger partial charge on any atom is -0.481 e. The fourth-order valence-electron chi connectivity index (χ4n) is 2.50. The molecular formula is C13H26N2O2. The van der Waals surface area contributed by atoms with Crippen LogP contribution >= 0.6 is 0 Å². The van der Waals surface area contributed by atoms with Gasteiger partial charge >= 0.3 is 5.97 Å². The zero-order chi connectivity index (χ0) is 12.7. The van der Waals surface area contributed by atoms with Crippen molar-refractivity contribution in [1.82, 2.24) is 9.80 Å². The van der Waals surface area contributed by atoms with Crippen molar-refractivity contribution < 1.29 is 9.90 Å². The first-order chi connectivity index (χ1) is 8.09. The summed E-state index contributed by atoms with van der Waals surface area (Å²) < 4.78 is 0. The highest BCUT2D eigenvalue weighted by Crippen LogP contribution is 2.14. The summed E-state index contributed by atoms with van der Waals surface area (Å²) in [7, 11) is 4.38. The Morgan fingerprint density at radius 2 is 2.18 bits per heavy atom. The smallest absolute Gasteiger partial charge is 0.303 e. The number of likely N-dealkylation sites (tertiary alicyclic amines) is 1. The molecule has 0 amide bonds. The molecule has 100 valence electrons. The van der Waals surface area contributed by atoms with Gasteiger partial charge in [-0.3, -0.25) is 4.79 Å². The lowest BCUT2D eigenvalue weighted by Gasteiger charge is -2.35. The fraction of sp³-hybridized carbons (Fsp3) is 0.923. The predicted octanol–water partition coefficient (Wildman–Crippen LogP) is 1.66. The van der Waals surface area contributed by atoms with E-state index in [4.69, 9.17) is 5.11 Å². The van der Waals surface area contributed by atoms with Gasteiger partial charge in [0.05, 0.1) is 0 Å². The molecule has 0 aromatic rings. The van der Waals surface area contributed by atoms with Crippen LogP contribution in [0.1, 0.15) is 38.5 Å². The number of carboxylic acid groups (broad SMARTS) is 1. The summed E-state index contributed by atoms with van der Waals surface area (Å²) in [4.78, 5) is 15.2. The molecule has 1 heterocycles. The maximum absolute atomic E-state index is 10.4. The minimum atomic E-state index is -0.674. The lowest BCUT2D eigenvalue weighted by Crippen LogP contribution is -2.45. The molecule has 0 radical (unpaired) electrons. The third-order valence-electron chi connectivity index (χ3n) is 3.62. The molecule has 1 N–H and O–H groups in total. The lowest BCUT2D eigenvalue weighted by atomic mass is 10.0. The molecule has 0 saturated carbocycles. The first-order valence-electron chi connectivity index (χ1n) is 6.70. The third kappa shape index (κ3) is 6.03. The van der Waals surface area contributed by atoms with E-state index in [-0.39, 0.29) is 0 Å². The van der Waals surface area contributed by atoms with Gasteiger partial charge in [0.2, 0.25) is 0 Å². The molecule has 1 rings (SSSR count). The van der Waals surface area contributed by atoms with Gasteiger partial charge in [0.25, 0.3) is 0 Å². The summed E-state index contributed by atoms with van der Waals surface area (Å²) >= 11 is 0. The molecule has 1 atom stereocenters. The van der Waals surface area contributed by atoms with Crippen LogP contribution in [0.25, 0.3) is 0 Å². The maximum atomic E-state index is 10.4. The molecule has 17 heavy (non-hydrogen) atoms. The Labute approximate surface area is 105 Å². The van der Waals surface area contributed by atoms with Gasteiger partial charge in [0.1, 0.15) is 0 Å². The van der Waals surface area contributed by atoms with Gasteiger partial charge in [-0.2, -0.15) is 0 Å². The highest BCUT2D eigenvalue weighted by Gasteiger charge is 2.20. The zero-order valence-corrected chi connectivity index (χ0v) is 11.2.